The topological polar surface area (TPSA) is 49.3 Å². The number of nitrogens with zero attached hydrogens (tertiary/aromatic N) is 4. The smallest absolute Gasteiger partial charge is 0.252 e. The molecule has 21 heavy (non-hydrogen) atoms. The Bertz CT molecular complexity index is 590. The van der Waals surface area contributed by atoms with E-state index < -0.39 is 18.0 Å². The molecule has 1 atom stereocenters. The molecule has 114 valence electrons. The molecule has 1 aromatic heterocycles. The minimum atomic E-state index is -2.66. The van der Waals surface area contributed by atoms with Gasteiger partial charge in [0.1, 0.15) is 11.7 Å². The lowest BCUT2D eigenvalue weighted by Gasteiger charge is -2.49. The summed E-state index contributed by atoms with van der Waals surface area (Å²) in [5.41, 5.74) is 0.504. The number of hydrogen-bond donors (Lipinski definition) is 0. The standard InChI is InChI=1S/C13H15ClF2N4O/c1-3-8-11(21)19(2)9-6-17-12(14)18-10(9)20(8)7-4-13(15,16)5-7/h6-8H,3-5H2,1-2H3. The molecule has 0 N–H and O–H groups in total. The van der Waals surface area contributed by atoms with Crippen molar-refractivity contribution in [1.82, 2.24) is 9.97 Å². The van der Waals surface area contributed by atoms with Gasteiger partial charge in [0.2, 0.25) is 11.2 Å². The van der Waals surface area contributed by atoms with Crippen molar-refractivity contribution in [2.24, 2.45) is 0 Å². The number of carbonyl (C=O) groups excluding carboxylic acids is 1. The molecule has 0 saturated heterocycles. The van der Waals surface area contributed by atoms with Gasteiger partial charge in [0.05, 0.1) is 6.20 Å². The minimum absolute atomic E-state index is 0.0439. The third-order valence-electron chi connectivity index (χ3n) is 4.13. The maximum Gasteiger partial charge on any atom is 0.252 e. The first-order valence-electron chi connectivity index (χ1n) is 6.80. The Morgan fingerprint density at radius 2 is 2.14 bits per heavy atom. The molecule has 0 aromatic carbocycles. The lowest BCUT2D eigenvalue weighted by molar-refractivity contribution is -0.122. The number of hydrogen-bond acceptors (Lipinski definition) is 4. The number of halogens is 3. The average Bonchev–Trinajstić information content (AvgIpc) is 2.39. The molecule has 2 heterocycles. The summed E-state index contributed by atoms with van der Waals surface area (Å²) in [5.74, 6) is -2.33. The predicted molar refractivity (Wildman–Crippen MR) is 75.0 cm³/mol. The van der Waals surface area contributed by atoms with Crippen molar-refractivity contribution in [1.29, 1.82) is 0 Å². The summed E-state index contributed by atoms with van der Waals surface area (Å²) in [7, 11) is 1.63. The van der Waals surface area contributed by atoms with Gasteiger partial charge in [0.15, 0.2) is 5.82 Å². The first-order valence-corrected chi connectivity index (χ1v) is 7.18. The third-order valence-corrected chi connectivity index (χ3v) is 4.31. The molecule has 5 nitrogen and oxygen atoms in total. The fourth-order valence-corrected chi connectivity index (χ4v) is 3.14. The van der Waals surface area contributed by atoms with Gasteiger partial charge in [-0.1, -0.05) is 6.92 Å². The number of amides is 1. The molecule has 1 unspecified atom stereocenters. The van der Waals surface area contributed by atoms with Gasteiger partial charge in [-0.3, -0.25) is 4.79 Å². The second-order valence-corrected chi connectivity index (χ2v) is 5.83. The summed E-state index contributed by atoms with van der Waals surface area (Å²) in [6, 6.07) is -0.887. The maximum atomic E-state index is 13.2. The highest BCUT2D eigenvalue weighted by Crippen LogP contribution is 2.46. The Hall–Kier alpha value is -1.50. The predicted octanol–water partition coefficient (Wildman–Crippen LogP) is 2.49. The second-order valence-electron chi connectivity index (χ2n) is 5.49. The van der Waals surface area contributed by atoms with Crippen LogP contribution in [0.15, 0.2) is 6.20 Å². The van der Waals surface area contributed by atoms with Crippen molar-refractivity contribution in [3.05, 3.63) is 11.5 Å². The van der Waals surface area contributed by atoms with Crippen LogP contribution in [0.5, 0.6) is 0 Å². The summed E-state index contributed by atoms with van der Waals surface area (Å²) < 4.78 is 26.4. The highest BCUT2D eigenvalue weighted by atomic mass is 35.5. The van der Waals surface area contributed by atoms with E-state index >= 15 is 0 Å². The first kappa shape index (κ1) is 14.4. The zero-order chi connectivity index (χ0) is 15.4. The second kappa shape index (κ2) is 4.76. The van der Waals surface area contributed by atoms with Crippen LogP contribution >= 0.6 is 11.6 Å². The number of rotatable bonds is 2. The highest BCUT2D eigenvalue weighted by Gasteiger charge is 2.52. The molecule has 0 bridgehead atoms. The summed E-state index contributed by atoms with van der Waals surface area (Å²) >= 11 is 5.84. The van der Waals surface area contributed by atoms with Crippen LogP contribution in [0.25, 0.3) is 0 Å². The van der Waals surface area contributed by atoms with E-state index in [1.165, 1.54) is 11.1 Å². The zero-order valence-corrected chi connectivity index (χ0v) is 12.4. The monoisotopic (exact) mass is 316 g/mol. The molecule has 2 aliphatic rings. The van der Waals surface area contributed by atoms with Gasteiger partial charge >= 0.3 is 0 Å². The number of aromatic nitrogens is 2. The van der Waals surface area contributed by atoms with Crippen molar-refractivity contribution < 1.29 is 13.6 Å². The van der Waals surface area contributed by atoms with Crippen molar-refractivity contribution in [2.75, 3.05) is 16.8 Å². The summed E-state index contributed by atoms with van der Waals surface area (Å²) in [5, 5.41) is 0.0439. The average molecular weight is 317 g/mol. The Kier molecular flexibility index (Phi) is 3.27. The van der Waals surface area contributed by atoms with Gasteiger partial charge < -0.3 is 9.80 Å². The molecule has 1 aliphatic heterocycles. The largest absolute Gasteiger partial charge is 0.339 e. The van der Waals surface area contributed by atoms with E-state index in [-0.39, 0.29) is 24.0 Å². The summed E-state index contributed by atoms with van der Waals surface area (Å²) in [4.78, 5) is 23.6. The third kappa shape index (κ3) is 2.23. The number of alkyl halides is 2. The van der Waals surface area contributed by atoms with Crippen LogP contribution in [-0.2, 0) is 4.79 Å². The highest BCUT2D eigenvalue weighted by molar-refractivity contribution is 6.28. The fourth-order valence-electron chi connectivity index (χ4n) is 3.01. The van der Waals surface area contributed by atoms with Crippen molar-refractivity contribution in [3.8, 4) is 0 Å². The van der Waals surface area contributed by atoms with Crippen molar-refractivity contribution in [3.63, 3.8) is 0 Å². The lowest BCUT2D eigenvalue weighted by atomic mass is 9.85. The molecular formula is C13H15ClF2N4O. The van der Waals surface area contributed by atoms with Crippen LogP contribution in [0.2, 0.25) is 5.28 Å². The van der Waals surface area contributed by atoms with Gasteiger partial charge in [-0.05, 0) is 18.0 Å². The Labute approximate surface area is 125 Å². The van der Waals surface area contributed by atoms with E-state index in [1.54, 1.807) is 11.9 Å². The minimum Gasteiger partial charge on any atom is -0.339 e. The Balaban J connectivity index is 2.05. The maximum absolute atomic E-state index is 13.2. The van der Waals surface area contributed by atoms with Crippen LogP contribution < -0.4 is 9.80 Å². The van der Waals surface area contributed by atoms with E-state index in [1.807, 2.05) is 6.92 Å². The molecule has 0 spiro atoms. The first-order chi connectivity index (χ1) is 9.84. The van der Waals surface area contributed by atoms with Gasteiger partial charge in [-0.25, -0.2) is 13.8 Å². The number of likely N-dealkylation sites (N-methyl/N-ethyl adjacent to an activating group) is 1. The number of carbonyl (C=O) groups is 1. The van der Waals surface area contributed by atoms with E-state index in [4.69, 9.17) is 11.6 Å². The van der Waals surface area contributed by atoms with Gasteiger partial charge in [-0.15, -0.1) is 0 Å². The normalized spacial score (nSPS) is 24.8. The van der Waals surface area contributed by atoms with Crippen LogP contribution in [0, 0.1) is 0 Å². The van der Waals surface area contributed by atoms with E-state index in [0.717, 1.165) is 0 Å². The fraction of sp³-hybridized carbons (Fsp3) is 0.615. The lowest BCUT2D eigenvalue weighted by Crippen LogP contribution is -2.61. The SMILES string of the molecule is CCC1C(=O)N(C)c2cnc(Cl)nc2N1C1CC(F)(F)C1. The van der Waals surface area contributed by atoms with Crippen LogP contribution in [-0.4, -0.2) is 40.9 Å². The van der Waals surface area contributed by atoms with Gasteiger partial charge in [0, 0.05) is 25.9 Å². The molecule has 8 heteroatoms. The number of fused-ring (bicyclic) bond motifs is 1. The molecule has 1 aromatic rings. The molecule has 1 aliphatic carbocycles. The van der Waals surface area contributed by atoms with Crippen molar-refractivity contribution >= 4 is 29.0 Å². The Morgan fingerprint density at radius 3 is 2.71 bits per heavy atom. The van der Waals surface area contributed by atoms with Crippen LogP contribution in [0.4, 0.5) is 20.3 Å². The van der Waals surface area contributed by atoms with Crippen LogP contribution in [0.1, 0.15) is 26.2 Å². The molecule has 1 fully saturated rings. The van der Waals surface area contributed by atoms with Gasteiger partial charge in [-0.2, -0.15) is 4.98 Å². The zero-order valence-electron chi connectivity index (χ0n) is 11.7. The quantitative estimate of drug-likeness (QED) is 0.787. The molecule has 1 amide bonds. The van der Waals surface area contributed by atoms with E-state index in [9.17, 15) is 13.6 Å². The van der Waals surface area contributed by atoms with E-state index in [0.29, 0.717) is 17.9 Å². The van der Waals surface area contributed by atoms with Crippen LogP contribution in [0.3, 0.4) is 0 Å². The molecular weight excluding hydrogens is 302 g/mol. The molecule has 0 radical (unpaired) electrons. The summed E-state index contributed by atoms with van der Waals surface area (Å²) in [6.07, 6.45) is 1.45. The van der Waals surface area contributed by atoms with Gasteiger partial charge in [0.25, 0.3) is 5.92 Å². The number of anilines is 2. The summed E-state index contributed by atoms with van der Waals surface area (Å²) in [6.45, 7) is 1.86. The molecule has 1 saturated carbocycles. The van der Waals surface area contributed by atoms with Crippen molar-refractivity contribution in [2.45, 2.75) is 44.2 Å². The Morgan fingerprint density at radius 1 is 1.48 bits per heavy atom. The van der Waals surface area contributed by atoms with E-state index in [2.05, 4.69) is 9.97 Å². The molecule has 3 rings (SSSR count).